The Labute approximate surface area is 167 Å². The summed E-state index contributed by atoms with van der Waals surface area (Å²) in [5, 5.41) is 4.46. The molecule has 1 unspecified atom stereocenters. The quantitative estimate of drug-likeness (QED) is 0.558. The minimum absolute atomic E-state index is 0.0386. The van der Waals surface area contributed by atoms with Crippen LogP contribution in [0.3, 0.4) is 0 Å². The van der Waals surface area contributed by atoms with E-state index in [2.05, 4.69) is 10.0 Å². The molecule has 28 heavy (non-hydrogen) atoms. The molecule has 1 aromatic heterocycles. The molecule has 0 radical (unpaired) electrons. The Morgan fingerprint density at radius 3 is 2.68 bits per heavy atom. The molecule has 152 valence electrons. The van der Waals surface area contributed by atoms with E-state index in [1.807, 2.05) is 17.5 Å². The number of amides is 1. The number of methoxy groups -OCH3 is 1. The monoisotopic (exact) mass is 426 g/mol. The number of ether oxygens (including phenoxy) is 2. The molecule has 0 fully saturated rings. The summed E-state index contributed by atoms with van der Waals surface area (Å²) >= 11 is 1.44. The molecular weight excluding hydrogens is 404 g/mol. The van der Waals surface area contributed by atoms with Crippen molar-refractivity contribution in [2.45, 2.75) is 24.4 Å². The van der Waals surface area contributed by atoms with Crippen molar-refractivity contribution in [1.29, 1.82) is 0 Å². The maximum absolute atomic E-state index is 12.4. The maximum atomic E-state index is 12.4. The van der Waals surface area contributed by atoms with E-state index in [1.54, 1.807) is 6.92 Å². The lowest BCUT2D eigenvalue weighted by Crippen LogP contribution is -2.38. The van der Waals surface area contributed by atoms with Gasteiger partial charge < -0.3 is 14.8 Å². The largest absolute Gasteiger partial charge is 0.452 e. The Morgan fingerprint density at radius 2 is 2.00 bits per heavy atom. The number of rotatable bonds is 10. The van der Waals surface area contributed by atoms with Gasteiger partial charge in [0.15, 0.2) is 6.61 Å². The van der Waals surface area contributed by atoms with Crippen LogP contribution in [0.4, 0.5) is 0 Å². The Morgan fingerprint density at radius 1 is 1.21 bits per heavy atom. The van der Waals surface area contributed by atoms with Crippen LogP contribution in [0.15, 0.2) is 46.7 Å². The number of carbonyl (C=O) groups excluding carboxylic acids is 2. The first-order valence-electron chi connectivity index (χ1n) is 8.39. The van der Waals surface area contributed by atoms with E-state index >= 15 is 0 Å². The molecule has 1 atom stereocenters. The maximum Gasteiger partial charge on any atom is 0.338 e. The van der Waals surface area contributed by atoms with Crippen molar-refractivity contribution < 1.29 is 27.5 Å². The van der Waals surface area contributed by atoms with Crippen molar-refractivity contribution in [2.75, 3.05) is 20.3 Å². The third-order valence-electron chi connectivity index (χ3n) is 3.55. The van der Waals surface area contributed by atoms with E-state index < -0.39 is 28.5 Å². The van der Waals surface area contributed by atoms with Gasteiger partial charge in [-0.1, -0.05) is 12.1 Å². The zero-order chi connectivity index (χ0) is 20.6. The van der Waals surface area contributed by atoms with Crippen LogP contribution in [0.5, 0.6) is 0 Å². The molecule has 0 aliphatic rings. The van der Waals surface area contributed by atoms with E-state index in [0.717, 1.165) is 4.88 Å². The number of esters is 1. The molecule has 0 aliphatic carbocycles. The van der Waals surface area contributed by atoms with E-state index in [9.17, 15) is 18.0 Å². The fourth-order valence-corrected chi connectivity index (χ4v) is 4.06. The fourth-order valence-electron chi connectivity index (χ4n) is 2.28. The van der Waals surface area contributed by atoms with Crippen LogP contribution < -0.4 is 10.0 Å². The lowest BCUT2D eigenvalue weighted by atomic mass is 10.2. The lowest BCUT2D eigenvalue weighted by molar-refractivity contribution is -0.125. The van der Waals surface area contributed by atoms with E-state index in [-0.39, 0.29) is 23.0 Å². The molecular formula is C18H22N2O6S2. The smallest absolute Gasteiger partial charge is 0.338 e. The molecule has 0 saturated heterocycles. The number of sulfonamides is 1. The molecule has 0 aliphatic heterocycles. The van der Waals surface area contributed by atoms with Crippen molar-refractivity contribution in [2.24, 2.45) is 0 Å². The molecule has 0 spiro atoms. The SMILES string of the molecule is COCC(C)NC(=O)COC(=O)c1cccc(S(=O)(=O)NCc2cccs2)c1. The normalized spacial score (nSPS) is 12.4. The van der Waals surface area contributed by atoms with Gasteiger partial charge >= 0.3 is 5.97 Å². The summed E-state index contributed by atoms with van der Waals surface area (Å²) in [6, 6.07) is 8.89. The van der Waals surface area contributed by atoms with Gasteiger partial charge in [-0.05, 0) is 36.6 Å². The van der Waals surface area contributed by atoms with Crippen molar-refractivity contribution in [3.05, 3.63) is 52.2 Å². The minimum Gasteiger partial charge on any atom is -0.452 e. The van der Waals surface area contributed by atoms with Gasteiger partial charge in [0.25, 0.3) is 5.91 Å². The first-order valence-corrected chi connectivity index (χ1v) is 10.8. The van der Waals surface area contributed by atoms with Crippen LogP contribution in [0.2, 0.25) is 0 Å². The molecule has 2 rings (SSSR count). The van der Waals surface area contributed by atoms with E-state index in [4.69, 9.17) is 9.47 Å². The van der Waals surface area contributed by atoms with Gasteiger partial charge in [0.1, 0.15) is 0 Å². The second-order valence-electron chi connectivity index (χ2n) is 5.93. The van der Waals surface area contributed by atoms with Gasteiger partial charge in [0.05, 0.1) is 17.1 Å². The highest BCUT2D eigenvalue weighted by Crippen LogP contribution is 2.14. The second-order valence-corrected chi connectivity index (χ2v) is 8.73. The Kier molecular flexibility index (Phi) is 8.12. The number of thiophene rings is 1. The van der Waals surface area contributed by atoms with Crippen LogP contribution in [0.1, 0.15) is 22.2 Å². The first-order chi connectivity index (χ1) is 13.3. The first kappa shape index (κ1) is 22.0. The van der Waals surface area contributed by atoms with Crippen LogP contribution >= 0.6 is 11.3 Å². The van der Waals surface area contributed by atoms with Gasteiger partial charge in [-0.2, -0.15) is 0 Å². The standard InChI is InChI=1S/C18H22N2O6S2/c1-13(11-25-2)20-17(21)12-26-18(22)14-5-3-7-16(9-14)28(23,24)19-10-15-6-4-8-27-15/h3-9,13,19H,10-12H2,1-2H3,(H,20,21). The van der Waals surface area contributed by atoms with Crippen LogP contribution in [-0.4, -0.2) is 46.7 Å². The Balaban J connectivity index is 1.95. The van der Waals surface area contributed by atoms with Gasteiger partial charge in [-0.15, -0.1) is 11.3 Å². The third kappa shape index (κ3) is 6.71. The number of nitrogens with one attached hydrogen (secondary N) is 2. The summed E-state index contributed by atoms with van der Waals surface area (Å²) in [4.78, 5) is 24.7. The lowest BCUT2D eigenvalue weighted by Gasteiger charge is -2.13. The topological polar surface area (TPSA) is 111 Å². The summed E-state index contributed by atoms with van der Waals surface area (Å²) in [5.74, 6) is -1.26. The van der Waals surface area contributed by atoms with E-state index in [0.29, 0.717) is 6.61 Å². The van der Waals surface area contributed by atoms with Crippen molar-refractivity contribution in [3.63, 3.8) is 0 Å². The molecule has 8 nitrogen and oxygen atoms in total. The van der Waals surface area contributed by atoms with Crippen LogP contribution in [0.25, 0.3) is 0 Å². The molecule has 0 saturated carbocycles. The van der Waals surface area contributed by atoms with Gasteiger partial charge in [0.2, 0.25) is 10.0 Å². The fraction of sp³-hybridized carbons (Fsp3) is 0.333. The number of benzene rings is 1. The zero-order valence-electron chi connectivity index (χ0n) is 15.5. The Hall–Kier alpha value is -2.27. The van der Waals surface area contributed by atoms with Crippen LogP contribution in [0, 0.1) is 0 Å². The van der Waals surface area contributed by atoms with Crippen molar-refractivity contribution in [3.8, 4) is 0 Å². The predicted octanol–water partition coefficient (Wildman–Crippen LogP) is 1.53. The van der Waals surface area contributed by atoms with Crippen molar-refractivity contribution in [1.82, 2.24) is 10.0 Å². The molecule has 0 bridgehead atoms. The summed E-state index contributed by atoms with van der Waals surface area (Å²) in [6.07, 6.45) is 0. The Bertz CT molecular complexity index is 897. The van der Waals surface area contributed by atoms with Gasteiger partial charge in [-0.3, -0.25) is 4.79 Å². The molecule has 2 N–H and O–H groups in total. The molecule has 1 aromatic carbocycles. The zero-order valence-corrected chi connectivity index (χ0v) is 17.1. The summed E-state index contributed by atoms with van der Waals surface area (Å²) in [6.45, 7) is 1.77. The third-order valence-corrected chi connectivity index (χ3v) is 5.83. The number of carbonyl (C=O) groups is 2. The summed E-state index contributed by atoms with van der Waals surface area (Å²) < 4.78 is 37.2. The average molecular weight is 427 g/mol. The highest BCUT2D eigenvalue weighted by atomic mass is 32.2. The predicted molar refractivity (Wildman–Crippen MR) is 105 cm³/mol. The van der Waals surface area contributed by atoms with Gasteiger partial charge in [0, 0.05) is 24.6 Å². The number of hydrogen-bond donors (Lipinski definition) is 2. The summed E-state index contributed by atoms with van der Waals surface area (Å²) in [7, 11) is -2.28. The molecule has 2 aromatic rings. The van der Waals surface area contributed by atoms with Crippen molar-refractivity contribution >= 4 is 33.2 Å². The number of hydrogen-bond acceptors (Lipinski definition) is 7. The highest BCUT2D eigenvalue weighted by Gasteiger charge is 2.18. The molecule has 1 heterocycles. The van der Waals surface area contributed by atoms with Gasteiger partial charge in [-0.25, -0.2) is 17.9 Å². The molecule has 1 amide bonds. The average Bonchev–Trinajstić information content (AvgIpc) is 3.18. The molecule has 10 heteroatoms. The highest BCUT2D eigenvalue weighted by molar-refractivity contribution is 7.89. The summed E-state index contributed by atoms with van der Waals surface area (Å²) in [5.41, 5.74) is 0.0386. The minimum atomic E-state index is -3.79. The van der Waals surface area contributed by atoms with Crippen LogP contribution in [-0.2, 0) is 30.8 Å². The van der Waals surface area contributed by atoms with E-state index in [1.165, 1.54) is 42.7 Å². The second kappa shape index (κ2) is 10.3.